The number of carbonyl (C=O) groups is 2. The molecule has 0 aliphatic rings. The Morgan fingerprint density at radius 2 is 2.04 bits per heavy atom. The van der Waals surface area contributed by atoms with Gasteiger partial charge in [-0.1, -0.05) is 6.07 Å². The third kappa shape index (κ3) is 3.97. The SMILES string of the molecule is CNC(=O)c1cccc(NC(=O)CCc2nnc(-c3ccoc3C)o2)c1. The van der Waals surface area contributed by atoms with Crippen LogP contribution in [0.1, 0.15) is 28.4 Å². The minimum Gasteiger partial charge on any atom is -0.469 e. The summed E-state index contributed by atoms with van der Waals surface area (Å²) in [6.07, 6.45) is 2.04. The van der Waals surface area contributed by atoms with Crippen LogP contribution in [0.2, 0.25) is 0 Å². The number of rotatable bonds is 6. The number of amides is 2. The maximum atomic E-state index is 12.1. The van der Waals surface area contributed by atoms with E-state index in [2.05, 4.69) is 20.8 Å². The van der Waals surface area contributed by atoms with Crippen molar-refractivity contribution >= 4 is 17.5 Å². The number of aromatic nitrogens is 2. The van der Waals surface area contributed by atoms with Gasteiger partial charge in [-0.2, -0.15) is 0 Å². The minimum atomic E-state index is -0.214. The molecule has 3 aromatic rings. The first-order valence-electron chi connectivity index (χ1n) is 8.05. The Kier molecular flexibility index (Phi) is 5.12. The van der Waals surface area contributed by atoms with Gasteiger partial charge in [0.05, 0.1) is 11.8 Å². The number of aryl methyl sites for hydroxylation is 2. The van der Waals surface area contributed by atoms with E-state index in [9.17, 15) is 9.59 Å². The zero-order valence-electron chi connectivity index (χ0n) is 14.4. The first kappa shape index (κ1) is 17.4. The van der Waals surface area contributed by atoms with E-state index in [1.54, 1.807) is 50.6 Å². The van der Waals surface area contributed by atoms with Crippen LogP contribution in [-0.2, 0) is 11.2 Å². The van der Waals surface area contributed by atoms with Crippen molar-refractivity contribution in [1.82, 2.24) is 15.5 Å². The largest absolute Gasteiger partial charge is 0.469 e. The Morgan fingerprint density at radius 1 is 1.19 bits per heavy atom. The normalized spacial score (nSPS) is 10.5. The molecular formula is C18H18N4O4. The molecule has 2 heterocycles. The van der Waals surface area contributed by atoms with E-state index < -0.39 is 0 Å². The summed E-state index contributed by atoms with van der Waals surface area (Å²) in [5, 5.41) is 13.2. The fraction of sp³-hybridized carbons (Fsp3) is 0.222. The van der Waals surface area contributed by atoms with Gasteiger partial charge >= 0.3 is 0 Å². The smallest absolute Gasteiger partial charge is 0.251 e. The van der Waals surface area contributed by atoms with Crippen molar-refractivity contribution < 1.29 is 18.4 Å². The lowest BCUT2D eigenvalue weighted by Gasteiger charge is -2.06. The van der Waals surface area contributed by atoms with Crippen molar-refractivity contribution in [2.24, 2.45) is 0 Å². The quantitative estimate of drug-likeness (QED) is 0.704. The summed E-state index contributed by atoms with van der Waals surface area (Å²) in [5.74, 6) is 1.00. The molecule has 8 nitrogen and oxygen atoms in total. The van der Waals surface area contributed by atoms with Crippen molar-refractivity contribution in [1.29, 1.82) is 0 Å². The molecule has 0 radical (unpaired) electrons. The Bertz CT molecular complexity index is 929. The number of nitrogens with zero attached hydrogens (tertiary/aromatic N) is 2. The molecule has 0 atom stereocenters. The van der Waals surface area contributed by atoms with Gasteiger partial charge in [-0.25, -0.2) is 0 Å². The van der Waals surface area contributed by atoms with E-state index in [4.69, 9.17) is 8.83 Å². The summed E-state index contributed by atoms with van der Waals surface area (Å²) in [7, 11) is 1.55. The number of hydrogen-bond donors (Lipinski definition) is 2. The van der Waals surface area contributed by atoms with E-state index in [-0.39, 0.29) is 18.2 Å². The first-order chi connectivity index (χ1) is 12.6. The van der Waals surface area contributed by atoms with Gasteiger partial charge in [0.2, 0.25) is 11.8 Å². The fourth-order valence-electron chi connectivity index (χ4n) is 2.40. The van der Waals surface area contributed by atoms with Crippen LogP contribution in [0.5, 0.6) is 0 Å². The van der Waals surface area contributed by atoms with Crippen molar-refractivity contribution in [2.75, 3.05) is 12.4 Å². The summed E-state index contributed by atoms with van der Waals surface area (Å²) in [6.45, 7) is 1.81. The second-order valence-corrected chi connectivity index (χ2v) is 5.60. The lowest BCUT2D eigenvalue weighted by Crippen LogP contribution is -2.18. The van der Waals surface area contributed by atoms with Gasteiger partial charge in [-0.05, 0) is 31.2 Å². The van der Waals surface area contributed by atoms with Gasteiger partial charge in [0, 0.05) is 31.1 Å². The monoisotopic (exact) mass is 354 g/mol. The highest BCUT2D eigenvalue weighted by Crippen LogP contribution is 2.23. The van der Waals surface area contributed by atoms with Crippen molar-refractivity contribution in [3.8, 4) is 11.5 Å². The van der Waals surface area contributed by atoms with Gasteiger partial charge < -0.3 is 19.5 Å². The summed E-state index contributed by atoms with van der Waals surface area (Å²) in [5.41, 5.74) is 1.76. The Hall–Kier alpha value is -3.42. The number of furan rings is 1. The molecule has 0 saturated heterocycles. The summed E-state index contributed by atoms with van der Waals surface area (Å²) < 4.78 is 10.8. The van der Waals surface area contributed by atoms with E-state index in [0.717, 1.165) is 5.56 Å². The van der Waals surface area contributed by atoms with E-state index in [1.807, 2.05) is 0 Å². The predicted molar refractivity (Wildman–Crippen MR) is 93.5 cm³/mol. The molecule has 0 aliphatic carbocycles. The molecule has 0 fully saturated rings. The molecule has 0 spiro atoms. The summed E-state index contributed by atoms with van der Waals surface area (Å²) in [6, 6.07) is 8.46. The van der Waals surface area contributed by atoms with Crippen molar-refractivity contribution in [3.63, 3.8) is 0 Å². The minimum absolute atomic E-state index is 0.177. The Labute approximate surface area is 149 Å². The highest BCUT2D eigenvalue weighted by molar-refractivity contribution is 5.97. The van der Waals surface area contributed by atoms with Crippen LogP contribution in [0.3, 0.4) is 0 Å². The van der Waals surface area contributed by atoms with Gasteiger partial charge in [0.15, 0.2) is 0 Å². The average Bonchev–Trinajstić information content (AvgIpc) is 3.28. The zero-order chi connectivity index (χ0) is 18.5. The van der Waals surface area contributed by atoms with E-state index >= 15 is 0 Å². The number of anilines is 1. The molecule has 2 N–H and O–H groups in total. The molecule has 0 unspecified atom stereocenters. The number of hydrogen-bond acceptors (Lipinski definition) is 6. The number of carbonyl (C=O) groups excluding carboxylic acids is 2. The molecule has 2 aromatic heterocycles. The van der Waals surface area contributed by atoms with Crippen LogP contribution in [-0.4, -0.2) is 29.1 Å². The Balaban J connectivity index is 1.57. The molecule has 0 bridgehead atoms. The standard InChI is InChI=1S/C18H18N4O4/c1-11-14(8-9-25-11)18-22-21-16(26-18)7-6-15(23)20-13-5-3-4-12(10-13)17(24)19-2/h3-5,8-10H,6-7H2,1-2H3,(H,19,24)(H,20,23). The molecule has 8 heteroatoms. The third-order valence-electron chi connectivity index (χ3n) is 3.76. The van der Waals surface area contributed by atoms with Crippen LogP contribution in [0, 0.1) is 6.92 Å². The molecule has 2 amide bonds. The van der Waals surface area contributed by atoms with Crippen molar-refractivity contribution in [2.45, 2.75) is 19.8 Å². The summed E-state index contributed by atoms with van der Waals surface area (Å²) >= 11 is 0. The number of nitrogens with one attached hydrogen (secondary N) is 2. The molecule has 1 aromatic carbocycles. The van der Waals surface area contributed by atoms with Crippen LogP contribution in [0.15, 0.2) is 45.4 Å². The van der Waals surface area contributed by atoms with E-state index in [1.165, 1.54) is 0 Å². The Morgan fingerprint density at radius 3 is 2.77 bits per heavy atom. The second kappa shape index (κ2) is 7.64. The second-order valence-electron chi connectivity index (χ2n) is 5.60. The molecule has 134 valence electrons. The fourth-order valence-corrected chi connectivity index (χ4v) is 2.40. The predicted octanol–water partition coefficient (Wildman–Crippen LogP) is 2.57. The van der Waals surface area contributed by atoms with Gasteiger partial charge in [-0.15, -0.1) is 10.2 Å². The van der Waals surface area contributed by atoms with E-state index in [0.29, 0.717) is 35.2 Å². The third-order valence-corrected chi connectivity index (χ3v) is 3.76. The van der Waals surface area contributed by atoms with Gasteiger partial charge in [-0.3, -0.25) is 9.59 Å². The first-order valence-corrected chi connectivity index (χ1v) is 8.05. The van der Waals surface area contributed by atoms with Crippen molar-refractivity contribution in [3.05, 3.63) is 53.8 Å². The topological polar surface area (TPSA) is 110 Å². The zero-order valence-corrected chi connectivity index (χ0v) is 14.4. The highest BCUT2D eigenvalue weighted by Gasteiger charge is 2.14. The maximum absolute atomic E-state index is 12.1. The maximum Gasteiger partial charge on any atom is 0.251 e. The van der Waals surface area contributed by atoms with Crippen LogP contribution in [0.25, 0.3) is 11.5 Å². The molecular weight excluding hydrogens is 336 g/mol. The number of benzene rings is 1. The van der Waals surface area contributed by atoms with Crippen LogP contribution in [0.4, 0.5) is 5.69 Å². The molecule has 0 aliphatic heterocycles. The molecule has 3 rings (SSSR count). The summed E-state index contributed by atoms with van der Waals surface area (Å²) in [4.78, 5) is 23.7. The van der Waals surface area contributed by atoms with Gasteiger partial charge in [0.25, 0.3) is 11.8 Å². The van der Waals surface area contributed by atoms with Gasteiger partial charge in [0.1, 0.15) is 5.76 Å². The molecule has 26 heavy (non-hydrogen) atoms. The van der Waals surface area contributed by atoms with Crippen LogP contribution < -0.4 is 10.6 Å². The highest BCUT2D eigenvalue weighted by atomic mass is 16.4. The molecule has 0 saturated carbocycles. The lowest BCUT2D eigenvalue weighted by molar-refractivity contribution is -0.116. The van der Waals surface area contributed by atoms with Crippen LogP contribution >= 0.6 is 0 Å². The lowest BCUT2D eigenvalue weighted by atomic mass is 10.2. The average molecular weight is 354 g/mol.